The fraction of sp³-hybridized carbons (Fsp3) is 1.00. The van der Waals surface area contributed by atoms with Gasteiger partial charge >= 0.3 is 0 Å². The molecule has 0 aliphatic rings. The highest BCUT2D eigenvalue weighted by atomic mass is 16.5. The fourth-order valence-corrected chi connectivity index (χ4v) is 1.82. The summed E-state index contributed by atoms with van der Waals surface area (Å²) in [5.41, 5.74) is 0.360. The van der Waals surface area contributed by atoms with Gasteiger partial charge in [0.25, 0.3) is 0 Å². The summed E-state index contributed by atoms with van der Waals surface area (Å²) >= 11 is 0. The highest BCUT2D eigenvalue weighted by molar-refractivity contribution is 4.76. The second-order valence-corrected chi connectivity index (χ2v) is 4.47. The number of ether oxygens (including phenoxy) is 2. The van der Waals surface area contributed by atoms with Crippen LogP contribution in [0.2, 0.25) is 0 Å². The van der Waals surface area contributed by atoms with Gasteiger partial charge in [-0.1, -0.05) is 20.3 Å². The summed E-state index contributed by atoms with van der Waals surface area (Å²) in [7, 11) is 3.50. The van der Waals surface area contributed by atoms with Crippen LogP contribution in [-0.2, 0) is 9.47 Å². The van der Waals surface area contributed by atoms with Gasteiger partial charge < -0.3 is 14.8 Å². The smallest absolute Gasteiger partial charge is 0.0587 e. The van der Waals surface area contributed by atoms with Crippen LogP contribution in [0.15, 0.2) is 0 Å². The lowest BCUT2D eigenvalue weighted by molar-refractivity contribution is 0.132. The first-order chi connectivity index (χ1) is 7.18. The summed E-state index contributed by atoms with van der Waals surface area (Å²) in [4.78, 5) is 0. The van der Waals surface area contributed by atoms with Crippen LogP contribution in [0.1, 0.15) is 33.1 Å². The van der Waals surface area contributed by atoms with Crippen molar-refractivity contribution in [3.63, 3.8) is 0 Å². The molecule has 92 valence electrons. The molecule has 0 spiro atoms. The van der Waals surface area contributed by atoms with Gasteiger partial charge in [0, 0.05) is 33.9 Å². The van der Waals surface area contributed by atoms with Gasteiger partial charge in [0.05, 0.1) is 6.61 Å². The predicted octanol–water partition coefficient (Wildman–Crippen LogP) is 2.07. The molecule has 0 fully saturated rings. The molecule has 3 heteroatoms. The fourth-order valence-electron chi connectivity index (χ4n) is 1.82. The lowest BCUT2D eigenvalue weighted by Crippen LogP contribution is -2.34. The van der Waals surface area contributed by atoms with Crippen molar-refractivity contribution in [3.8, 4) is 0 Å². The third-order valence-electron chi connectivity index (χ3n) is 2.80. The molecule has 0 saturated heterocycles. The molecule has 1 atom stereocenters. The topological polar surface area (TPSA) is 30.5 Å². The molecule has 0 aromatic rings. The van der Waals surface area contributed by atoms with Crippen LogP contribution in [0, 0.1) is 5.41 Å². The lowest BCUT2D eigenvalue weighted by Gasteiger charge is -2.29. The minimum Gasteiger partial charge on any atom is -0.385 e. The van der Waals surface area contributed by atoms with Crippen LogP contribution in [0.25, 0.3) is 0 Å². The molecular formula is C12H27NO2. The van der Waals surface area contributed by atoms with Crippen LogP contribution in [0.4, 0.5) is 0 Å². The molecular weight excluding hydrogens is 190 g/mol. The van der Waals surface area contributed by atoms with Crippen molar-refractivity contribution >= 4 is 0 Å². The summed E-state index contributed by atoms with van der Waals surface area (Å²) < 4.78 is 10.2. The summed E-state index contributed by atoms with van der Waals surface area (Å²) in [6.07, 6.45) is 3.60. The Bertz CT molecular complexity index is 142. The van der Waals surface area contributed by atoms with E-state index in [0.717, 1.165) is 32.7 Å². The molecule has 0 aliphatic heterocycles. The van der Waals surface area contributed by atoms with Gasteiger partial charge in [0.15, 0.2) is 0 Å². The highest BCUT2D eigenvalue weighted by Gasteiger charge is 2.22. The van der Waals surface area contributed by atoms with Crippen molar-refractivity contribution in [1.29, 1.82) is 0 Å². The molecule has 0 radical (unpaired) electrons. The van der Waals surface area contributed by atoms with E-state index in [1.165, 1.54) is 12.8 Å². The summed E-state index contributed by atoms with van der Waals surface area (Å²) in [5.74, 6) is 0. The number of nitrogens with one attached hydrogen (secondary N) is 1. The van der Waals surface area contributed by atoms with Gasteiger partial charge in [-0.2, -0.15) is 0 Å². The third kappa shape index (κ3) is 7.77. The van der Waals surface area contributed by atoms with Crippen LogP contribution in [-0.4, -0.2) is 40.5 Å². The third-order valence-corrected chi connectivity index (χ3v) is 2.80. The number of hydrogen-bond acceptors (Lipinski definition) is 3. The van der Waals surface area contributed by atoms with E-state index in [9.17, 15) is 0 Å². The van der Waals surface area contributed by atoms with E-state index in [1.54, 1.807) is 14.2 Å². The van der Waals surface area contributed by atoms with Gasteiger partial charge in [-0.3, -0.25) is 0 Å². The van der Waals surface area contributed by atoms with Crippen LogP contribution in [0.5, 0.6) is 0 Å². The molecule has 0 aromatic heterocycles. The Morgan fingerprint density at radius 3 is 2.27 bits per heavy atom. The van der Waals surface area contributed by atoms with E-state index in [4.69, 9.17) is 9.47 Å². The minimum absolute atomic E-state index is 0.360. The molecule has 0 amide bonds. The summed E-state index contributed by atoms with van der Waals surface area (Å²) in [6, 6.07) is 0. The van der Waals surface area contributed by atoms with Crippen molar-refractivity contribution in [1.82, 2.24) is 5.32 Å². The second-order valence-electron chi connectivity index (χ2n) is 4.47. The summed E-state index contributed by atoms with van der Waals surface area (Å²) in [5, 5.41) is 3.44. The Kier molecular flexibility index (Phi) is 9.06. The largest absolute Gasteiger partial charge is 0.385 e. The van der Waals surface area contributed by atoms with Crippen LogP contribution >= 0.6 is 0 Å². The highest BCUT2D eigenvalue weighted by Crippen LogP contribution is 2.26. The zero-order valence-corrected chi connectivity index (χ0v) is 10.8. The first-order valence-electron chi connectivity index (χ1n) is 5.87. The zero-order chi connectivity index (χ0) is 11.6. The Balaban J connectivity index is 3.78. The molecule has 1 unspecified atom stereocenters. The number of rotatable bonds is 10. The summed E-state index contributed by atoms with van der Waals surface area (Å²) in [6.45, 7) is 8.18. The maximum Gasteiger partial charge on any atom is 0.0587 e. The van der Waals surface area contributed by atoms with Gasteiger partial charge in [-0.05, 0) is 18.3 Å². The van der Waals surface area contributed by atoms with Crippen molar-refractivity contribution < 1.29 is 9.47 Å². The predicted molar refractivity (Wildman–Crippen MR) is 64.3 cm³/mol. The van der Waals surface area contributed by atoms with Gasteiger partial charge in [0.2, 0.25) is 0 Å². The second kappa shape index (κ2) is 9.13. The first kappa shape index (κ1) is 14.9. The molecule has 0 heterocycles. The van der Waals surface area contributed by atoms with E-state index in [0.29, 0.717) is 5.41 Å². The Morgan fingerprint density at radius 2 is 1.73 bits per heavy atom. The number of methoxy groups -OCH3 is 2. The molecule has 3 nitrogen and oxygen atoms in total. The average Bonchev–Trinajstić information content (AvgIpc) is 2.22. The first-order valence-corrected chi connectivity index (χ1v) is 5.87. The van der Waals surface area contributed by atoms with Crippen molar-refractivity contribution in [2.45, 2.75) is 33.1 Å². The van der Waals surface area contributed by atoms with E-state index < -0.39 is 0 Å². The molecule has 0 rings (SSSR count). The Morgan fingerprint density at radius 1 is 1.07 bits per heavy atom. The molecule has 1 N–H and O–H groups in total. The SMILES string of the molecule is CCCC(C)(CCOC)CNCCOC. The van der Waals surface area contributed by atoms with E-state index >= 15 is 0 Å². The monoisotopic (exact) mass is 217 g/mol. The van der Waals surface area contributed by atoms with Crippen LogP contribution in [0.3, 0.4) is 0 Å². The molecule has 0 saturated carbocycles. The average molecular weight is 217 g/mol. The quantitative estimate of drug-likeness (QED) is 0.568. The van der Waals surface area contributed by atoms with Crippen molar-refractivity contribution in [3.05, 3.63) is 0 Å². The maximum atomic E-state index is 5.16. The molecule has 15 heavy (non-hydrogen) atoms. The molecule has 0 aromatic carbocycles. The Hall–Kier alpha value is -0.120. The maximum absolute atomic E-state index is 5.16. The normalized spacial score (nSPS) is 15.2. The minimum atomic E-state index is 0.360. The van der Waals surface area contributed by atoms with Crippen molar-refractivity contribution in [2.75, 3.05) is 40.5 Å². The molecule has 0 aliphatic carbocycles. The Labute approximate surface area is 94.5 Å². The van der Waals surface area contributed by atoms with Crippen LogP contribution < -0.4 is 5.32 Å². The molecule has 0 bridgehead atoms. The standard InChI is InChI=1S/C12H27NO2/c1-5-6-12(2,7-9-14-3)11-13-8-10-15-4/h13H,5-11H2,1-4H3. The van der Waals surface area contributed by atoms with E-state index in [2.05, 4.69) is 19.2 Å². The van der Waals surface area contributed by atoms with Crippen molar-refractivity contribution in [2.24, 2.45) is 5.41 Å². The van der Waals surface area contributed by atoms with Gasteiger partial charge in [0.1, 0.15) is 0 Å². The zero-order valence-electron chi connectivity index (χ0n) is 10.8. The van der Waals surface area contributed by atoms with E-state index in [1.807, 2.05) is 0 Å². The van der Waals surface area contributed by atoms with Gasteiger partial charge in [-0.15, -0.1) is 0 Å². The lowest BCUT2D eigenvalue weighted by atomic mass is 9.82. The number of hydrogen-bond donors (Lipinski definition) is 1. The van der Waals surface area contributed by atoms with Gasteiger partial charge in [-0.25, -0.2) is 0 Å². The van der Waals surface area contributed by atoms with E-state index in [-0.39, 0.29) is 0 Å².